The maximum absolute atomic E-state index is 11.2. The minimum atomic E-state index is 0.0550. The molecule has 1 aromatic heterocycles. The molecule has 0 aliphatic carbocycles. The molecule has 0 saturated heterocycles. The molecule has 5 heteroatoms. The van der Waals surface area contributed by atoms with Gasteiger partial charge in [0.1, 0.15) is 5.69 Å². The van der Waals surface area contributed by atoms with Crippen LogP contribution in [-0.4, -0.2) is 32.3 Å². The Bertz CT molecular complexity index is 298. The average Bonchev–Trinajstić information content (AvgIpc) is 2.66. The summed E-state index contributed by atoms with van der Waals surface area (Å²) in [4.78, 5) is 11.2. The summed E-state index contributed by atoms with van der Waals surface area (Å²) in [6, 6.07) is 0. The Kier molecular flexibility index (Phi) is 4.65. The number of Topliss-reactive ketones (excluding diaryl/α,β-unsaturated/α-hetero) is 1. The number of aromatic nitrogens is 3. The average molecular weight is 213 g/mol. The van der Waals surface area contributed by atoms with E-state index in [4.69, 9.17) is 0 Å². The van der Waals surface area contributed by atoms with Crippen molar-refractivity contribution in [1.29, 1.82) is 0 Å². The quantitative estimate of drug-likeness (QED) is 0.532. The number of ketones is 1. The van der Waals surface area contributed by atoms with E-state index in [9.17, 15) is 4.79 Å². The van der Waals surface area contributed by atoms with Crippen LogP contribution >= 0.6 is 11.8 Å². The topological polar surface area (TPSA) is 47.8 Å². The maximum Gasteiger partial charge on any atom is 0.184 e. The molecule has 0 N–H and O–H groups in total. The maximum atomic E-state index is 11.2. The highest BCUT2D eigenvalue weighted by Gasteiger charge is 2.07. The van der Waals surface area contributed by atoms with E-state index in [-0.39, 0.29) is 5.78 Å². The molecule has 0 aromatic carbocycles. The summed E-state index contributed by atoms with van der Waals surface area (Å²) < 4.78 is 1.73. The zero-order chi connectivity index (χ0) is 10.4. The molecule has 1 rings (SSSR count). The van der Waals surface area contributed by atoms with Gasteiger partial charge in [0.25, 0.3) is 0 Å². The van der Waals surface area contributed by atoms with Gasteiger partial charge < -0.3 is 0 Å². The summed E-state index contributed by atoms with van der Waals surface area (Å²) in [5, 5.41) is 7.71. The summed E-state index contributed by atoms with van der Waals surface area (Å²) in [5.41, 5.74) is 0.481. The minimum Gasteiger partial charge on any atom is -0.292 e. The molecule has 1 heterocycles. The van der Waals surface area contributed by atoms with E-state index in [0.29, 0.717) is 12.1 Å². The first kappa shape index (κ1) is 11.2. The van der Waals surface area contributed by atoms with Crippen molar-refractivity contribution in [3.63, 3.8) is 0 Å². The highest BCUT2D eigenvalue weighted by molar-refractivity contribution is 7.99. The zero-order valence-corrected chi connectivity index (χ0v) is 9.38. The molecule has 14 heavy (non-hydrogen) atoms. The summed E-state index contributed by atoms with van der Waals surface area (Å²) in [6.45, 7) is 4.77. The third-order valence-corrected chi connectivity index (χ3v) is 2.69. The number of hydrogen-bond acceptors (Lipinski definition) is 4. The minimum absolute atomic E-state index is 0.0550. The molecule has 4 nitrogen and oxygen atoms in total. The molecule has 0 aliphatic heterocycles. The van der Waals surface area contributed by atoms with Gasteiger partial charge in [0, 0.05) is 12.2 Å². The largest absolute Gasteiger partial charge is 0.292 e. The number of carbonyl (C=O) groups is 1. The second kappa shape index (κ2) is 5.80. The third-order valence-electron chi connectivity index (χ3n) is 1.81. The Morgan fingerprint density at radius 1 is 1.57 bits per heavy atom. The lowest BCUT2D eigenvalue weighted by molar-refractivity contribution is 0.0983. The van der Waals surface area contributed by atoms with E-state index in [0.717, 1.165) is 18.1 Å². The molecule has 0 aliphatic rings. The van der Waals surface area contributed by atoms with Crippen molar-refractivity contribution in [3.05, 3.63) is 11.9 Å². The van der Waals surface area contributed by atoms with Crippen molar-refractivity contribution in [2.45, 2.75) is 26.8 Å². The van der Waals surface area contributed by atoms with Crippen LogP contribution in [0, 0.1) is 0 Å². The van der Waals surface area contributed by atoms with Crippen molar-refractivity contribution >= 4 is 17.5 Å². The second-order valence-electron chi connectivity index (χ2n) is 2.84. The predicted octanol–water partition coefficient (Wildman–Crippen LogP) is 1.62. The van der Waals surface area contributed by atoms with Crippen molar-refractivity contribution < 1.29 is 4.79 Å². The van der Waals surface area contributed by atoms with Gasteiger partial charge in [-0.2, -0.15) is 11.8 Å². The fourth-order valence-corrected chi connectivity index (χ4v) is 1.62. The molecule has 0 fully saturated rings. The normalized spacial score (nSPS) is 10.4. The zero-order valence-electron chi connectivity index (χ0n) is 8.56. The Balaban J connectivity index is 2.46. The lowest BCUT2D eigenvalue weighted by Gasteiger charge is -1.97. The summed E-state index contributed by atoms with van der Waals surface area (Å²) >= 11 is 1.85. The number of aryl methyl sites for hydroxylation is 1. The molecule has 0 saturated carbocycles. The highest BCUT2D eigenvalue weighted by Crippen LogP contribution is 2.01. The van der Waals surface area contributed by atoms with Gasteiger partial charge in [-0.15, -0.1) is 5.10 Å². The van der Waals surface area contributed by atoms with Crippen molar-refractivity contribution in [3.8, 4) is 0 Å². The molecule has 0 atom stereocenters. The van der Waals surface area contributed by atoms with Gasteiger partial charge in [-0.3, -0.25) is 9.48 Å². The fourth-order valence-electron chi connectivity index (χ4n) is 1.02. The Hall–Kier alpha value is -0.840. The molecule has 0 unspecified atom stereocenters. The smallest absolute Gasteiger partial charge is 0.184 e. The van der Waals surface area contributed by atoms with Gasteiger partial charge >= 0.3 is 0 Å². The molecule has 0 spiro atoms. The van der Waals surface area contributed by atoms with Gasteiger partial charge in [0.2, 0.25) is 0 Å². The second-order valence-corrected chi connectivity index (χ2v) is 4.23. The van der Waals surface area contributed by atoms with Gasteiger partial charge in [-0.05, 0) is 5.75 Å². The number of rotatable bonds is 6. The van der Waals surface area contributed by atoms with Gasteiger partial charge in [-0.25, -0.2) is 0 Å². The molecule has 0 radical (unpaired) electrons. The van der Waals surface area contributed by atoms with Crippen LogP contribution in [0.5, 0.6) is 0 Å². The van der Waals surface area contributed by atoms with Crippen molar-refractivity contribution in [1.82, 2.24) is 15.0 Å². The Morgan fingerprint density at radius 3 is 3.00 bits per heavy atom. The van der Waals surface area contributed by atoms with Crippen LogP contribution in [0.2, 0.25) is 0 Å². The first-order valence-electron chi connectivity index (χ1n) is 4.79. The van der Waals surface area contributed by atoms with E-state index >= 15 is 0 Å². The molecular formula is C9H15N3OS. The van der Waals surface area contributed by atoms with Crippen LogP contribution in [0.15, 0.2) is 6.20 Å². The monoisotopic (exact) mass is 213 g/mol. The third kappa shape index (κ3) is 3.14. The van der Waals surface area contributed by atoms with Crippen LogP contribution in [0.1, 0.15) is 30.8 Å². The first-order valence-corrected chi connectivity index (χ1v) is 5.94. The van der Waals surface area contributed by atoms with E-state index in [2.05, 4.69) is 17.2 Å². The molecule has 0 amide bonds. The molecule has 1 aromatic rings. The molecular weight excluding hydrogens is 198 g/mol. The van der Waals surface area contributed by atoms with Crippen molar-refractivity contribution in [2.24, 2.45) is 0 Å². The number of nitrogens with zero attached hydrogens (tertiary/aromatic N) is 3. The highest BCUT2D eigenvalue weighted by atomic mass is 32.2. The SMILES string of the molecule is CCSCCn1cc(C(=O)CC)nn1. The molecule has 0 bridgehead atoms. The number of carbonyl (C=O) groups excluding carboxylic acids is 1. The first-order chi connectivity index (χ1) is 6.77. The lowest BCUT2D eigenvalue weighted by Crippen LogP contribution is -2.01. The van der Waals surface area contributed by atoms with Gasteiger partial charge in [-0.1, -0.05) is 19.1 Å². The Morgan fingerprint density at radius 2 is 2.36 bits per heavy atom. The predicted molar refractivity (Wildman–Crippen MR) is 57.6 cm³/mol. The summed E-state index contributed by atoms with van der Waals surface area (Å²) in [7, 11) is 0. The van der Waals surface area contributed by atoms with Crippen molar-refractivity contribution in [2.75, 3.05) is 11.5 Å². The van der Waals surface area contributed by atoms with E-state index in [1.807, 2.05) is 18.7 Å². The van der Waals surface area contributed by atoms with Crippen LogP contribution in [0.3, 0.4) is 0 Å². The van der Waals surface area contributed by atoms with Gasteiger partial charge in [0.15, 0.2) is 5.78 Å². The summed E-state index contributed by atoms with van der Waals surface area (Å²) in [5.74, 6) is 2.18. The van der Waals surface area contributed by atoms with E-state index in [1.165, 1.54) is 0 Å². The van der Waals surface area contributed by atoms with Gasteiger partial charge in [0.05, 0.1) is 12.7 Å². The van der Waals surface area contributed by atoms with E-state index in [1.54, 1.807) is 10.9 Å². The number of hydrogen-bond donors (Lipinski definition) is 0. The Labute approximate surface area is 88.1 Å². The standard InChI is InChI=1S/C9H15N3OS/c1-3-9(13)8-7-12(11-10-8)5-6-14-4-2/h7H,3-6H2,1-2H3. The lowest BCUT2D eigenvalue weighted by atomic mass is 10.2. The summed E-state index contributed by atoms with van der Waals surface area (Å²) in [6.07, 6.45) is 2.21. The van der Waals surface area contributed by atoms with Crippen LogP contribution in [0.25, 0.3) is 0 Å². The number of thioether (sulfide) groups is 1. The van der Waals surface area contributed by atoms with Crippen LogP contribution < -0.4 is 0 Å². The molecule has 78 valence electrons. The fraction of sp³-hybridized carbons (Fsp3) is 0.667. The van der Waals surface area contributed by atoms with Crippen LogP contribution in [-0.2, 0) is 6.54 Å². The van der Waals surface area contributed by atoms with E-state index < -0.39 is 0 Å². The van der Waals surface area contributed by atoms with Crippen LogP contribution in [0.4, 0.5) is 0 Å².